The van der Waals surface area contributed by atoms with Gasteiger partial charge in [-0.3, -0.25) is 15.0 Å². The summed E-state index contributed by atoms with van der Waals surface area (Å²) in [6.45, 7) is 4.55. The predicted octanol–water partition coefficient (Wildman–Crippen LogP) is 2.20. The quantitative estimate of drug-likeness (QED) is 0.529. The number of imidazole rings is 1. The lowest BCUT2D eigenvalue weighted by Crippen LogP contribution is -2.46. The second-order valence-electron chi connectivity index (χ2n) is 6.52. The topological polar surface area (TPSA) is 80.3 Å². The zero-order valence-electron chi connectivity index (χ0n) is 14.6. The zero-order valence-corrected chi connectivity index (χ0v) is 14.6. The SMILES string of the molecule is Cn1ccnc1CN1CCN(c2ccc3cc([N+](=O)[O-])ccc3n2)CC1. The molecule has 1 aliphatic heterocycles. The summed E-state index contributed by atoms with van der Waals surface area (Å²) in [5.41, 5.74) is 0.874. The molecule has 0 saturated carbocycles. The number of benzene rings is 1. The summed E-state index contributed by atoms with van der Waals surface area (Å²) in [5, 5.41) is 11.7. The standard InChI is InChI=1S/C18H20N6O2/c1-21-7-6-19-18(21)13-22-8-10-23(11-9-22)17-5-2-14-12-15(24(25)26)3-4-16(14)20-17/h2-7,12H,8-11,13H2,1H3. The molecule has 0 amide bonds. The Balaban J connectivity index is 1.44. The normalized spacial score (nSPS) is 15.5. The van der Waals surface area contributed by atoms with Crippen LogP contribution in [0.5, 0.6) is 0 Å². The summed E-state index contributed by atoms with van der Waals surface area (Å²) in [4.78, 5) is 24.2. The van der Waals surface area contributed by atoms with Gasteiger partial charge in [-0.2, -0.15) is 0 Å². The first-order valence-corrected chi connectivity index (χ1v) is 8.59. The van der Waals surface area contributed by atoms with Gasteiger partial charge in [0.05, 0.1) is 17.0 Å². The first kappa shape index (κ1) is 16.5. The Hall–Kier alpha value is -3.00. The highest BCUT2D eigenvalue weighted by molar-refractivity contribution is 5.82. The van der Waals surface area contributed by atoms with E-state index in [-0.39, 0.29) is 10.6 Å². The minimum absolute atomic E-state index is 0.0925. The zero-order chi connectivity index (χ0) is 18.1. The minimum Gasteiger partial charge on any atom is -0.354 e. The number of pyridine rings is 1. The van der Waals surface area contributed by atoms with Gasteiger partial charge in [-0.25, -0.2) is 9.97 Å². The Kier molecular flexibility index (Phi) is 4.26. The third-order valence-electron chi connectivity index (χ3n) is 4.85. The summed E-state index contributed by atoms with van der Waals surface area (Å²) in [6.07, 6.45) is 3.80. The number of piperazine rings is 1. The van der Waals surface area contributed by atoms with Gasteiger partial charge < -0.3 is 9.47 Å². The van der Waals surface area contributed by atoms with Gasteiger partial charge in [-0.1, -0.05) is 0 Å². The predicted molar refractivity (Wildman–Crippen MR) is 99.1 cm³/mol. The molecule has 2 aromatic heterocycles. The molecular weight excluding hydrogens is 332 g/mol. The second-order valence-corrected chi connectivity index (χ2v) is 6.52. The van der Waals surface area contributed by atoms with Gasteiger partial charge in [0.2, 0.25) is 0 Å². The number of fused-ring (bicyclic) bond motifs is 1. The third-order valence-corrected chi connectivity index (χ3v) is 4.85. The van der Waals surface area contributed by atoms with Crippen LogP contribution in [-0.2, 0) is 13.6 Å². The van der Waals surface area contributed by atoms with E-state index in [1.54, 1.807) is 12.1 Å². The van der Waals surface area contributed by atoms with Gasteiger partial charge in [0.25, 0.3) is 5.69 Å². The van der Waals surface area contributed by atoms with E-state index in [1.807, 2.05) is 31.6 Å². The fourth-order valence-corrected chi connectivity index (χ4v) is 3.28. The van der Waals surface area contributed by atoms with E-state index in [0.29, 0.717) is 0 Å². The summed E-state index contributed by atoms with van der Waals surface area (Å²) in [7, 11) is 2.02. The fraction of sp³-hybridized carbons (Fsp3) is 0.333. The average Bonchev–Trinajstić information content (AvgIpc) is 3.06. The third kappa shape index (κ3) is 3.23. The van der Waals surface area contributed by atoms with Crippen LogP contribution in [0.4, 0.5) is 11.5 Å². The van der Waals surface area contributed by atoms with E-state index in [2.05, 4.69) is 24.3 Å². The average molecular weight is 352 g/mol. The summed E-state index contributed by atoms with van der Waals surface area (Å²) >= 11 is 0. The van der Waals surface area contributed by atoms with E-state index in [9.17, 15) is 10.1 Å². The second kappa shape index (κ2) is 6.72. The first-order valence-electron chi connectivity index (χ1n) is 8.59. The molecule has 3 aromatic rings. The van der Waals surface area contributed by atoms with Crippen molar-refractivity contribution in [3.8, 4) is 0 Å². The number of non-ortho nitro benzene ring substituents is 1. The minimum atomic E-state index is -0.381. The lowest BCUT2D eigenvalue weighted by molar-refractivity contribution is -0.384. The molecule has 4 rings (SSSR count). The lowest BCUT2D eigenvalue weighted by Gasteiger charge is -2.35. The Labute approximate surface area is 150 Å². The molecule has 8 heteroatoms. The van der Waals surface area contributed by atoms with E-state index in [1.165, 1.54) is 6.07 Å². The molecule has 0 atom stereocenters. The van der Waals surface area contributed by atoms with Crippen molar-refractivity contribution in [1.29, 1.82) is 0 Å². The number of rotatable bonds is 4. The van der Waals surface area contributed by atoms with Gasteiger partial charge in [0.1, 0.15) is 11.6 Å². The van der Waals surface area contributed by atoms with Crippen LogP contribution in [0.15, 0.2) is 42.7 Å². The van der Waals surface area contributed by atoms with Crippen LogP contribution in [-0.4, -0.2) is 50.5 Å². The molecule has 0 N–H and O–H groups in total. The molecule has 8 nitrogen and oxygen atoms in total. The lowest BCUT2D eigenvalue weighted by atomic mass is 10.2. The van der Waals surface area contributed by atoms with Gasteiger partial charge >= 0.3 is 0 Å². The summed E-state index contributed by atoms with van der Waals surface area (Å²) in [6, 6.07) is 8.64. The van der Waals surface area contributed by atoms with Crippen LogP contribution in [0.1, 0.15) is 5.82 Å². The molecule has 1 aromatic carbocycles. The molecule has 0 aliphatic carbocycles. The number of hydrogen-bond acceptors (Lipinski definition) is 6. The number of nitro groups is 1. The molecule has 0 radical (unpaired) electrons. The van der Waals surface area contributed by atoms with E-state index in [0.717, 1.165) is 55.3 Å². The maximum Gasteiger partial charge on any atom is 0.270 e. The van der Waals surface area contributed by atoms with Crippen molar-refractivity contribution in [1.82, 2.24) is 19.4 Å². The van der Waals surface area contributed by atoms with Crippen molar-refractivity contribution >= 4 is 22.4 Å². The van der Waals surface area contributed by atoms with Crippen molar-refractivity contribution in [2.45, 2.75) is 6.54 Å². The Bertz CT molecular complexity index is 946. The van der Waals surface area contributed by atoms with Gasteiger partial charge in [0.15, 0.2) is 0 Å². The molecule has 3 heterocycles. The first-order chi connectivity index (χ1) is 12.6. The number of hydrogen-bond donors (Lipinski definition) is 0. The molecule has 1 fully saturated rings. The van der Waals surface area contributed by atoms with Crippen molar-refractivity contribution in [2.75, 3.05) is 31.1 Å². The largest absolute Gasteiger partial charge is 0.354 e. The monoisotopic (exact) mass is 352 g/mol. The number of aryl methyl sites for hydroxylation is 1. The maximum atomic E-state index is 10.9. The summed E-state index contributed by atoms with van der Waals surface area (Å²) in [5.74, 6) is 1.99. The van der Waals surface area contributed by atoms with E-state index < -0.39 is 0 Å². The number of anilines is 1. The van der Waals surface area contributed by atoms with E-state index >= 15 is 0 Å². The van der Waals surface area contributed by atoms with E-state index in [4.69, 9.17) is 0 Å². The van der Waals surface area contributed by atoms with Crippen LogP contribution in [0.3, 0.4) is 0 Å². The molecule has 134 valence electrons. The highest BCUT2D eigenvalue weighted by Crippen LogP contribution is 2.23. The van der Waals surface area contributed by atoms with Gasteiger partial charge in [-0.05, 0) is 18.2 Å². The Morgan fingerprint density at radius 1 is 1.15 bits per heavy atom. The molecular formula is C18H20N6O2. The molecule has 1 saturated heterocycles. The van der Waals surface area contributed by atoms with Crippen LogP contribution < -0.4 is 4.90 Å². The van der Waals surface area contributed by atoms with Crippen LogP contribution in [0.25, 0.3) is 10.9 Å². The highest BCUT2D eigenvalue weighted by Gasteiger charge is 2.19. The number of aromatic nitrogens is 3. The van der Waals surface area contributed by atoms with Crippen molar-refractivity contribution < 1.29 is 4.92 Å². The van der Waals surface area contributed by atoms with Crippen molar-refractivity contribution in [2.24, 2.45) is 7.05 Å². The van der Waals surface area contributed by atoms with Crippen LogP contribution in [0, 0.1) is 10.1 Å². The summed E-state index contributed by atoms with van der Waals surface area (Å²) < 4.78 is 2.05. The molecule has 0 unspecified atom stereocenters. The molecule has 1 aliphatic rings. The Morgan fingerprint density at radius 3 is 2.65 bits per heavy atom. The van der Waals surface area contributed by atoms with Crippen LogP contribution in [0.2, 0.25) is 0 Å². The number of nitro benzene ring substituents is 1. The highest BCUT2D eigenvalue weighted by atomic mass is 16.6. The fourth-order valence-electron chi connectivity index (χ4n) is 3.28. The number of nitrogens with zero attached hydrogens (tertiary/aromatic N) is 6. The van der Waals surface area contributed by atoms with Crippen LogP contribution >= 0.6 is 0 Å². The molecule has 0 spiro atoms. The molecule has 0 bridgehead atoms. The van der Waals surface area contributed by atoms with Crippen molar-refractivity contribution in [3.05, 3.63) is 58.7 Å². The molecule has 26 heavy (non-hydrogen) atoms. The Morgan fingerprint density at radius 2 is 1.96 bits per heavy atom. The maximum absolute atomic E-state index is 10.9. The smallest absolute Gasteiger partial charge is 0.270 e. The van der Waals surface area contributed by atoms with Crippen molar-refractivity contribution in [3.63, 3.8) is 0 Å². The van der Waals surface area contributed by atoms with Gasteiger partial charge in [0, 0.05) is 63.1 Å². The van der Waals surface area contributed by atoms with Gasteiger partial charge in [-0.15, -0.1) is 0 Å².